The quantitative estimate of drug-likeness (QED) is 0.766. The summed E-state index contributed by atoms with van der Waals surface area (Å²) in [7, 11) is 0. The molecule has 3 rings (SSSR count). The van der Waals surface area contributed by atoms with Gasteiger partial charge in [-0.2, -0.15) is 5.10 Å². The Balaban J connectivity index is 1.77. The van der Waals surface area contributed by atoms with E-state index in [0.29, 0.717) is 11.2 Å². The highest BCUT2D eigenvalue weighted by molar-refractivity contribution is 5.99. The second-order valence-corrected chi connectivity index (χ2v) is 6.48. The predicted octanol–water partition coefficient (Wildman–Crippen LogP) is 2.43. The molecule has 130 valence electrons. The molecule has 0 bridgehead atoms. The van der Waals surface area contributed by atoms with Gasteiger partial charge < -0.3 is 10.4 Å². The highest BCUT2D eigenvalue weighted by Crippen LogP contribution is 2.17. The number of carbonyl (C=O) groups is 1. The van der Waals surface area contributed by atoms with Crippen molar-refractivity contribution in [2.75, 3.05) is 6.54 Å². The summed E-state index contributed by atoms with van der Waals surface area (Å²) in [4.78, 5) is 16.9. The van der Waals surface area contributed by atoms with Crippen LogP contribution in [0.25, 0.3) is 5.65 Å². The van der Waals surface area contributed by atoms with Crippen LogP contribution in [-0.4, -0.2) is 32.2 Å². The Bertz CT molecular complexity index is 926. The summed E-state index contributed by atoms with van der Waals surface area (Å²) in [6, 6.07) is 7.80. The summed E-state index contributed by atoms with van der Waals surface area (Å²) >= 11 is 0. The van der Waals surface area contributed by atoms with Gasteiger partial charge in [-0.3, -0.25) is 4.79 Å². The van der Waals surface area contributed by atoms with Crippen molar-refractivity contribution in [2.45, 2.75) is 33.8 Å². The van der Waals surface area contributed by atoms with Gasteiger partial charge in [0.25, 0.3) is 5.91 Å². The Labute approximate surface area is 146 Å². The third kappa shape index (κ3) is 3.53. The number of aromatic nitrogens is 3. The molecule has 0 fully saturated rings. The molecule has 6 nitrogen and oxygen atoms in total. The SMILES string of the molecule is Cc1cc(C)cc(C(O)CNC(=O)c2cnn3c(C)cc(C)nc23)c1. The predicted molar refractivity (Wildman–Crippen MR) is 95.7 cm³/mol. The lowest BCUT2D eigenvalue weighted by molar-refractivity contribution is 0.0917. The fourth-order valence-electron chi connectivity index (χ4n) is 3.04. The third-order valence-electron chi connectivity index (χ3n) is 4.11. The van der Waals surface area contributed by atoms with Crippen LogP contribution in [0, 0.1) is 27.7 Å². The average Bonchev–Trinajstić information content (AvgIpc) is 2.95. The number of nitrogens with zero attached hydrogens (tertiary/aromatic N) is 3. The summed E-state index contributed by atoms with van der Waals surface area (Å²) in [5.41, 5.74) is 5.63. The third-order valence-corrected chi connectivity index (χ3v) is 4.11. The average molecular weight is 338 g/mol. The molecule has 0 aliphatic heterocycles. The molecule has 6 heteroatoms. The minimum absolute atomic E-state index is 0.129. The van der Waals surface area contributed by atoms with E-state index in [1.807, 2.05) is 52.0 Å². The Morgan fingerprint density at radius 3 is 2.52 bits per heavy atom. The van der Waals surface area contributed by atoms with Crippen LogP contribution in [-0.2, 0) is 0 Å². The number of nitrogens with one attached hydrogen (secondary N) is 1. The maximum absolute atomic E-state index is 12.5. The minimum Gasteiger partial charge on any atom is -0.387 e. The maximum Gasteiger partial charge on any atom is 0.256 e. The Morgan fingerprint density at radius 1 is 1.16 bits per heavy atom. The van der Waals surface area contributed by atoms with Gasteiger partial charge in [-0.1, -0.05) is 29.3 Å². The number of hydrogen-bond donors (Lipinski definition) is 2. The lowest BCUT2D eigenvalue weighted by Gasteiger charge is -2.13. The van der Waals surface area contributed by atoms with Crippen LogP contribution in [0.2, 0.25) is 0 Å². The molecule has 1 amide bonds. The fourth-order valence-corrected chi connectivity index (χ4v) is 3.04. The maximum atomic E-state index is 12.5. The van der Waals surface area contributed by atoms with E-state index in [-0.39, 0.29) is 12.5 Å². The molecule has 0 saturated carbocycles. The van der Waals surface area contributed by atoms with Crippen molar-refractivity contribution in [2.24, 2.45) is 0 Å². The topological polar surface area (TPSA) is 79.5 Å². The van der Waals surface area contributed by atoms with Gasteiger partial charge in [0.05, 0.1) is 12.3 Å². The molecule has 1 unspecified atom stereocenters. The molecule has 0 spiro atoms. The highest BCUT2D eigenvalue weighted by Gasteiger charge is 2.17. The smallest absolute Gasteiger partial charge is 0.256 e. The number of aryl methyl sites for hydroxylation is 4. The lowest BCUT2D eigenvalue weighted by atomic mass is 10.0. The van der Waals surface area contributed by atoms with Crippen LogP contribution >= 0.6 is 0 Å². The van der Waals surface area contributed by atoms with Crippen molar-refractivity contribution in [3.63, 3.8) is 0 Å². The number of rotatable bonds is 4. The van der Waals surface area contributed by atoms with Crippen LogP contribution < -0.4 is 5.32 Å². The van der Waals surface area contributed by atoms with Crippen LogP contribution in [0.5, 0.6) is 0 Å². The molecular formula is C19H22N4O2. The number of aliphatic hydroxyl groups is 1. The molecule has 2 heterocycles. The van der Waals surface area contributed by atoms with Crippen LogP contribution in [0.4, 0.5) is 0 Å². The number of benzene rings is 1. The summed E-state index contributed by atoms with van der Waals surface area (Å²) in [6.45, 7) is 7.89. The van der Waals surface area contributed by atoms with Gasteiger partial charge in [0, 0.05) is 17.9 Å². The Hall–Kier alpha value is -2.73. The molecule has 0 aliphatic carbocycles. The van der Waals surface area contributed by atoms with E-state index in [1.54, 1.807) is 4.52 Å². The van der Waals surface area contributed by atoms with Crippen molar-refractivity contribution < 1.29 is 9.90 Å². The molecule has 0 aliphatic rings. The zero-order valence-electron chi connectivity index (χ0n) is 14.9. The molecule has 25 heavy (non-hydrogen) atoms. The number of amides is 1. The van der Waals surface area contributed by atoms with E-state index < -0.39 is 6.10 Å². The standard InChI is InChI=1S/C19H22N4O2/c1-11-5-12(2)7-15(6-11)17(24)10-20-19(25)16-9-21-23-14(4)8-13(3)22-18(16)23/h5-9,17,24H,10H2,1-4H3,(H,20,25). The number of fused-ring (bicyclic) bond motifs is 1. The molecule has 1 atom stereocenters. The van der Waals surface area contributed by atoms with Gasteiger partial charge in [0.15, 0.2) is 5.65 Å². The normalized spacial score (nSPS) is 12.4. The van der Waals surface area contributed by atoms with Gasteiger partial charge >= 0.3 is 0 Å². The lowest BCUT2D eigenvalue weighted by Crippen LogP contribution is -2.28. The Kier molecular flexibility index (Phi) is 4.55. The first-order valence-corrected chi connectivity index (χ1v) is 8.21. The molecule has 2 aromatic heterocycles. The fraction of sp³-hybridized carbons (Fsp3) is 0.316. The number of aliphatic hydroxyl groups excluding tert-OH is 1. The Morgan fingerprint density at radius 2 is 1.84 bits per heavy atom. The van der Waals surface area contributed by atoms with Crippen molar-refractivity contribution in [1.82, 2.24) is 19.9 Å². The highest BCUT2D eigenvalue weighted by atomic mass is 16.3. The molecular weight excluding hydrogens is 316 g/mol. The zero-order chi connectivity index (χ0) is 18.1. The van der Waals surface area contributed by atoms with Crippen LogP contribution in [0.15, 0.2) is 30.5 Å². The largest absolute Gasteiger partial charge is 0.387 e. The van der Waals surface area contributed by atoms with E-state index in [1.165, 1.54) is 6.20 Å². The van der Waals surface area contributed by atoms with Crippen molar-refractivity contribution in [3.05, 3.63) is 64.1 Å². The first-order valence-electron chi connectivity index (χ1n) is 8.21. The second kappa shape index (κ2) is 6.64. The van der Waals surface area contributed by atoms with Crippen molar-refractivity contribution >= 4 is 11.6 Å². The van der Waals surface area contributed by atoms with Crippen molar-refractivity contribution in [1.29, 1.82) is 0 Å². The van der Waals surface area contributed by atoms with Gasteiger partial charge in [0.1, 0.15) is 5.56 Å². The zero-order valence-corrected chi connectivity index (χ0v) is 14.9. The second-order valence-electron chi connectivity index (χ2n) is 6.48. The summed E-state index contributed by atoms with van der Waals surface area (Å²) in [5.74, 6) is -0.295. The minimum atomic E-state index is -0.763. The summed E-state index contributed by atoms with van der Waals surface area (Å²) in [6.07, 6.45) is 0.744. The summed E-state index contributed by atoms with van der Waals surface area (Å²) in [5, 5.41) is 17.4. The van der Waals surface area contributed by atoms with Gasteiger partial charge in [-0.25, -0.2) is 9.50 Å². The van der Waals surface area contributed by atoms with Crippen molar-refractivity contribution in [3.8, 4) is 0 Å². The first-order chi connectivity index (χ1) is 11.8. The van der Waals surface area contributed by atoms with E-state index in [4.69, 9.17) is 0 Å². The van der Waals surface area contributed by atoms with E-state index in [0.717, 1.165) is 28.1 Å². The monoisotopic (exact) mass is 338 g/mol. The van der Waals surface area contributed by atoms with Crippen LogP contribution in [0.3, 0.4) is 0 Å². The van der Waals surface area contributed by atoms with Gasteiger partial charge in [-0.05, 0) is 39.3 Å². The van der Waals surface area contributed by atoms with E-state index in [2.05, 4.69) is 15.4 Å². The molecule has 0 radical (unpaired) electrons. The first kappa shape index (κ1) is 17.1. The molecule has 2 N–H and O–H groups in total. The molecule has 0 saturated heterocycles. The molecule has 1 aromatic carbocycles. The molecule has 3 aromatic rings. The summed E-state index contributed by atoms with van der Waals surface area (Å²) < 4.78 is 1.64. The van der Waals surface area contributed by atoms with Gasteiger partial charge in [-0.15, -0.1) is 0 Å². The van der Waals surface area contributed by atoms with E-state index >= 15 is 0 Å². The van der Waals surface area contributed by atoms with Gasteiger partial charge in [0.2, 0.25) is 0 Å². The number of hydrogen-bond acceptors (Lipinski definition) is 4. The number of carbonyl (C=O) groups excluding carboxylic acids is 1. The van der Waals surface area contributed by atoms with Crippen LogP contribution in [0.1, 0.15) is 44.5 Å². The van der Waals surface area contributed by atoms with E-state index in [9.17, 15) is 9.90 Å².